The Labute approximate surface area is 138 Å². The molecule has 2 amide bonds. The second-order valence-corrected chi connectivity index (χ2v) is 5.96. The molecule has 120 valence electrons. The van der Waals surface area contributed by atoms with Crippen LogP contribution in [-0.4, -0.2) is 28.3 Å². The van der Waals surface area contributed by atoms with Crippen LogP contribution in [0.5, 0.6) is 0 Å². The van der Waals surface area contributed by atoms with E-state index in [9.17, 15) is 9.18 Å². The van der Waals surface area contributed by atoms with E-state index < -0.39 is 0 Å². The molecule has 1 N–H and O–H groups in total. The van der Waals surface area contributed by atoms with Crippen LogP contribution in [0.1, 0.15) is 30.5 Å². The van der Waals surface area contributed by atoms with E-state index in [1.807, 2.05) is 0 Å². The zero-order valence-corrected chi connectivity index (χ0v) is 12.9. The van der Waals surface area contributed by atoms with Crippen molar-refractivity contribution in [2.75, 3.05) is 4.90 Å². The molecule has 4 rings (SSSR count). The molecule has 24 heavy (non-hydrogen) atoms. The average molecular weight is 322 g/mol. The van der Waals surface area contributed by atoms with Crippen LogP contribution in [0.3, 0.4) is 0 Å². The van der Waals surface area contributed by atoms with Crippen LogP contribution in [0.25, 0.3) is 0 Å². The summed E-state index contributed by atoms with van der Waals surface area (Å²) in [6.07, 6.45) is 3.10. The van der Waals surface area contributed by atoms with Crippen LogP contribution in [0.2, 0.25) is 0 Å². The highest BCUT2D eigenvalue weighted by Crippen LogP contribution is 2.31. The van der Waals surface area contributed by atoms with Gasteiger partial charge in [0.1, 0.15) is 11.5 Å². The van der Waals surface area contributed by atoms with E-state index in [2.05, 4.69) is 27.4 Å². The van der Waals surface area contributed by atoms with Crippen molar-refractivity contribution in [2.24, 2.45) is 0 Å². The van der Waals surface area contributed by atoms with Crippen LogP contribution in [-0.2, 0) is 0 Å². The highest BCUT2D eigenvalue weighted by Gasteiger charge is 2.43. The van der Waals surface area contributed by atoms with Crippen LogP contribution in [0.15, 0.2) is 36.4 Å². The molecule has 1 aliphatic carbocycles. The SMILES string of the molecule is O=C1N[C@H]2CCC[C@H]2N1c1ccc(C#Cc2cccc(F)c2)nn1. The smallest absolute Gasteiger partial charge is 0.323 e. The molecule has 2 aromatic rings. The van der Waals surface area contributed by atoms with Gasteiger partial charge in [-0.2, -0.15) is 0 Å². The maximum atomic E-state index is 13.1. The fourth-order valence-electron chi connectivity index (χ4n) is 3.29. The summed E-state index contributed by atoms with van der Waals surface area (Å²) in [4.78, 5) is 13.8. The van der Waals surface area contributed by atoms with Gasteiger partial charge in [0, 0.05) is 5.56 Å². The first-order valence-corrected chi connectivity index (χ1v) is 7.92. The van der Waals surface area contributed by atoms with Gasteiger partial charge in [-0.25, -0.2) is 9.18 Å². The van der Waals surface area contributed by atoms with Crippen molar-refractivity contribution < 1.29 is 9.18 Å². The quantitative estimate of drug-likeness (QED) is 0.821. The zero-order valence-electron chi connectivity index (χ0n) is 12.9. The Balaban J connectivity index is 1.54. The number of aromatic nitrogens is 2. The number of hydrogen-bond acceptors (Lipinski definition) is 3. The minimum atomic E-state index is -0.325. The van der Waals surface area contributed by atoms with E-state index in [1.165, 1.54) is 12.1 Å². The van der Waals surface area contributed by atoms with Gasteiger partial charge in [0.05, 0.1) is 12.1 Å². The number of nitrogens with zero attached hydrogens (tertiary/aromatic N) is 3. The molecular weight excluding hydrogens is 307 g/mol. The number of rotatable bonds is 1. The highest BCUT2D eigenvalue weighted by molar-refractivity contribution is 5.94. The van der Waals surface area contributed by atoms with E-state index in [-0.39, 0.29) is 23.9 Å². The number of benzene rings is 1. The van der Waals surface area contributed by atoms with Crippen LogP contribution in [0, 0.1) is 17.7 Å². The molecule has 1 aromatic carbocycles. The summed E-state index contributed by atoms with van der Waals surface area (Å²) >= 11 is 0. The Bertz CT molecular complexity index is 840. The van der Waals surface area contributed by atoms with Crippen LogP contribution < -0.4 is 10.2 Å². The lowest BCUT2D eigenvalue weighted by molar-refractivity contribution is 0.250. The van der Waals surface area contributed by atoms with Gasteiger partial charge >= 0.3 is 6.03 Å². The van der Waals surface area contributed by atoms with Gasteiger partial charge in [-0.1, -0.05) is 12.0 Å². The standard InChI is InChI=1S/C18H15FN4O/c19-13-4-1-3-12(11-13)7-8-14-9-10-17(22-21-14)23-16-6-2-5-15(16)20-18(23)24/h1,3-4,9-11,15-16H,2,5-6H2,(H,20,24)/t15-,16+/m0/s1. The monoisotopic (exact) mass is 322 g/mol. The summed E-state index contributed by atoms with van der Waals surface area (Å²) in [7, 11) is 0. The molecule has 2 aliphatic rings. The predicted molar refractivity (Wildman–Crippen MR) is 86.8 cm³/mol. The summed E-state index contributed by atoms with van der Waals surface area (Å²) in [6, 6.07) is 9.82. The van der Waals surface area contributed by atoms with E-state index in [0.29, 0.717) is 17.1 Å². The maximum absolute atomic E-state index is 13.1. The number of halogens is 1. The van der Waals surface area contributed by atoms with E-state index in [4.69, 9.17) is 0 Å². The molecule has 1 saturated carbocycles. The molecular formula is C18H15FN4O. The molecule has 0 radical (unpaired) electrons. The van der Waals surface area contributed by atoms with Crippen molar-refractivity contribution in [3.63, 3.8) is 0 Å². The van der Waals surface area contributed by atoms with Crippen molar-refractivity contribution in [2.45, 2.75) is 31.3 Å². The molecule has 0 unspecified atom stereocenters. The minimum Gasteiger partial charge on any atom is -0.333 e. The summed E-state index contributed by atoms with van der Waals surface area (Å²) in [6.45, 7) is 0. The second-order valence-electron chi connectivity index (χ2n) is 5.96. The van der Waals surface area contributed by atoms with Gasteiger partial charge in [0.15, 0.2) is 5.82 Å². The molecule has 2 fully saturated rings. The number of carbonyl (C=O) groups is 1. The predicted octanol–water partition coefficient (Wildman–Crippen LogP) is 2.47. The Hall–Kier alpha value is -2.94. The molecule has 2 heterocycles. The van der Waals surface area contributed by atoms with Crippen molar-refractivity contribution >= 4 is 11.8 Å². The lowest BCUT2D eigenvalue weighted by Crippen LogP contribution is -2.34. The number of urea groups is 1. The van der Waals surface area contributed by atoms with Crippen molar-refractivity contribution in [3.8, 4) is 11.8 Å². The first-order chi connectivity index (χ1) is 11.7. The lowest BCUT2D eigenvalue weighted by atomic mass is 10.2. The number of hydrogen-bond donors (Lipinski definition) is 1. The third-order valence-electron chi connectivity index (χ3n) is 4.40. The number of anilines is 1. The van der Waals surface area contributed by atoms with Gasteiger partial charge in [0.25, 0.3) is 0 Å². The van der Waals surface area contributed by atoms with E-state index in [1.54, 1.807) is 29.2 Å². The lowest BCUT2D eigenvalue weighted by Gasteiger charge is -2.20. The molecule has 1 saturated heterocycles. The molecule has 2 atom stereocenters. The van der Waals surface area contributed by atoms with Gasteiger partial charge < -0.3 is 5.32 Å². The molecule has 6 heteroatoms. The topological polar surface area (TPSA) is 58.1 Å². The fourth-order valence-corrected chi connectivity index (χ4v) is 3.29. The highest BCUT2D eigenvalue weighted by atomic mass is 19.1. The Morgan fingerprint density at radius 2 is 2.08 bits per heavy atom. The van der Waals surface area contributed by atoms with E-state index in [0.717, 1.165) is 19.3 Å². The molecule has 5 nitrogen and oxygen atoms in total. The third kappa shape index (κ3) is 2.69. The van der Waals surface area contributed by atoms with Crippen molar-refractivity contribution in [1.29, 1.82) is 0 Å². The molecule has 1 aromatic heterocycles. The summed E-state index contributed by atoms with van der Waals surface area (Å²) in [5, 5.41) is 11.2. The van der Waals surface area contributed by atoms with Gasteiger partial charge in [0.2, 0.25) is 0 Å². The summed E-state index contributed by atoms with van der Waals surface area (Å²) in [5.41, 5.74) is 1.05. The van der Waals surface area contributed by atoms with Gasteiger partial charge in [-0.3, -0.25) is 4.90 Å². The van der Waals surface area contributed by atoms with Crippen molar-refractivity contribution in [3.05, 3.63) is 53.5 Å². The van der Waals surface area contributed by atoms with Gasteiger partial charge in [-0.05, 0) is 55.5 Å². The number of fused-ring (bicyclic) bond motifs is 1. The maximum Gasteiger partial charge on any atom is 0.323 e. The molecule has 0 bridgehead atoms. The number of nitrogens with one attached hydrogen (secondary N) is 1. The Morgan fingerprint density at radius 1 is 1.17 bits per heavy atom. The number of amides is 2. The largest absolute Gasteiger partial charge is 0.333 e. The summed E-state index contributed by atoms with van der Waals surface area (Å²) < 4.78 is 13.1. The fraction of sp³-hybridized carbons (Fsp3) is 0.278. The normalized spacial score (nSPS) is 21.9. The van der Waals surface area contributed by atoms with E-state index >= 15 is 0 Å². The first kappa shape index (κ1) is 14.6. The summed E-state index contributed by atoms with van der Waals surface area (Å²) in [5.74, 6) is 5.92. The average Bonchev–Trinajstić information content (AvgIpc) is 3.14. The zero-order chi connectivity index (χ0) is 16.5. The first-order valence-electron chi connectivity index (χ1n) is 7.92. The Morgan fingerprint density at radius 3 is 2.88 bits per heavy atom. The van der Waals surface area contributed by atoms with Crippen molar-refractivity contribution in [1.82, 2.24) is 15.5 Å². The number of carbonyl (C=O) groups excluding carboxylic acids is 1. The van der Waals surface area contributed by atoms with Crippen LogP contribution in [0.4, 0.5) is 15.0 Å². The third-order valence-corrected chi connectivity index (χ3v) is 4.40. The molecule has 1 aliphatic heterocycles. The second kappa shape index (κ2) is 5.93. The minimum absolute atomic E-state index is 0.113. The van der Waals surface area contributed by atoms with Gasteiger partial charge in [-0.15, -0.1) is 10.2 Å². The van der Waals surface area contributed by atoms with Crippen LogP contribution >= 0.6 is 0 Å². The molecule has 0 spiro atoms. The Kier molecular flexibility index (Phi) is 3.62.